The molecule has 114 valence electrons. The van der Waals surface area contributed by atoms with E-state index in [0.29, 0.717) is 0 Å². The van der Waals surface area contributed by atoms with Gasteiger partial charge in [-0.15, -0.1) is 0 Å². The first-order valence-corrected chi connectivity index (χ1v) is 7.45. The highest BCUT2D eigenvalue weighted by Crippen LogP contribution is 2.24. The lowest BCUT2D eigenvalue weighted by molar-refractivity contribution is -0.385. The quantitative estimate of drug-likeness (QED) is 0.623. The van der Waals surface area contributed by atoms with E-state index in [4.69, 9.17) is 0 Å². The fourth-order valence-electron chi connectivity index (χ4n) is 2.59. The van der Waals surface area contributed by atoms with Crippen molar-refractivity contribution in [1.82, 2.24) is 5.32 Å². The molecule has 2 rings (SSSR count). The van der Waals surface area contributed by atoms with Crippen molar-refractivity contribution in [2.75, 3.05) is 11.9 Å². The van der Waals surface area contributed by atoms with Gasteiger partial charge in [-0.25, -0.2) is 0 Å². The lowest BCUT2D eigenvalue weighted by atomic mass is 10.1. The second kappa shape index (κ2) is 7.06. The maximum atomic E-state index is 12.3. The Kier molecular flexibility index (Phi) is 5.14. The maximum absolute atomic E-state index is 12.3. The Morgan fingerprint density at radius 2 is 2.10 bits per heavy atom. The third-order valence-corrected chi connectivity index (χ3v) is 3.71. The molecule has 1 aromatic carbocycles. The summed E-state index contributed by atoms with van der Waals surface area (Å²) in [5.74, 6) is -0.353. The summed E-state index contributed by atoms with van der Waals surface area (Å²) in [5, 5.41) is 17.1. The number of benzene rings is 1. The first-order valence-electron chi connectivity index (χ1n) is 7.45. The van der Waals surface area contributed by atoms with Crippen LogP contribution in [0.25, 0.3) is 0 Å². The second-order valence-electron chi connectivity index (χ2n) is 5.37. The molecular weight excluding hydrogens is 270 g/mol. The fourth-order valence-corrected chi connectivity index (χ4v) is 2.59. The predicted molar refractivity (Wildman–Crippen MR) is 81.6 cm³/mol. The summed E-state index contributed by atoms with van der Waals surface area (Å²) in [6, 6.07) is 4.74. The van der Waals surface area contributed by atoms with Crippen LogP contribution >= 0.6 is 0 Å². The topological polar surface area (TPSA) is 84.3 Å². The van der Waals surface area contributed by atoms with Crippen molar-refractivity contribution in [3.05, 3.63) is 33.9 Å². The molecule has 1 aliphatic carbocycles. The minimum Gasteiger partial charge on any atom is -0.385 e. The Morgan fingerprint density at radius 1 is 1.38 bits per heavy atom. The Balaban J connectivity index is 2.20. The summed E-state index contributed by atoms with van der Waals surface area (Å²) in [6.07, 6.45) is 5.05. The Labute approximate surface area is 124 Å². The zero-order valence-corrected chi connectivity index (χ0v) is 12.2. The predicted octanol–water partition coefficient (Wildman–Crippen LogP) is 3.09. The van der Waals surface area contributed by atoms with Crippen LogP contribution in [0.2, 0.25) is 0 Å². The Hall–Kier alpha value is -2.11. The molecule has 1 aromatic rings. The number of nitro benzene ring substituents is 1. The van der Waals surface area contributed by atoms with Gasteiger partial charge in [0.1, 0.15) is 5.56 Å². The molecule has 0 spiro atoms. The van der Waals surface area contributed by atoms with Gasteiger partial charge >= 0.3 is 0 Å². The van der Waals surface area contributed by atoms with Gasteiger partial charge in [0.2, 0.25) is 0 Å². The molecule has 0 radical (unpaired) electrons. The van der Waals surface area contributed by atoms with Crippen molar-refractivity contribution < 1.29 is 9.72 Å². The van der Waals surface area contributed by atoms with Crippen LogP contribution < -0.4 is 10.6 Å². The molecule has 0 bridgehead atoms. The Bertz CT molecular complexity index is 525. The van der Waals surface area contributed by atoms with Crippen molar-refractivity contribution >= 4 is 17.3 Å². The lowest BCUT2D eigenvalue weighted by Gasteiger charge is -2.13. The normalized spacial score (nSPS) is 14.9. The number of rotatable bonds is 6. The highest BCUT2D eigenvalue weighted by Gasteiger charge is 2.24. The summed E-state index contributed by atoms with van der Waals surface area (Å²) >= 11 is 0. The van der Waals surface area contributed by atoms with Crippen molar-refractivity contribution in [2.24, 2.45) is 0 Å². The van der Waals surface area contributed by atoms with Gasteiger partial charge in [-0.05, 0) is 31.4 Å². The highest BCUT2D eigenvalue weighted by atomic mass is 16.6. The minimum absolute atomic E-state index is 0.132. The van der Waals surface area contributed by atoms with E-state index in [-0.39, 0.29) is 23.2 Å². The molecule has 0 aromatic heterocycles. The molecule has 0 aliphatic heterocycles. The average molecular weight is 291 g/mol. The van der Waals surface area contributed by atoms with E-state index in [1.165, 1.54) is 6.07 Å². The standard InChI is InChI=1S/C15H21N3O3/c1-2-9-16-12-7-8-14(18(20)21)13(10-12)15(19)17-11-5-3-4-6-11/h7-8,10-11,16H,2-6,9H2,1H3,(H,17,19). The van der Waals surface area contributed by atoms with E-state index in [2.05, 4.69) is 10.6 Å². The van der Waals surface area contributed by atoms with E-state index in [1.807, 2.05) is 6.92 Å². The van der Waals surface area contributed by atoms with E-state index < -0.39 is 4.92 Å². The highest BCUT2D eigenvalue weighted by molar-refractivity contribution is 5.99. The summed E-state index contributed by atoms with van der Waals surface area (Å²) in [4.78, 5) is 22.9. The molecular formula is C15H21N3O3. The van der Waals surface area contributed by atoms with Gasteiger partial charge in [-0.2, -0.15) is 0 Å². The molecule has 1 aliphatic rings. The van der Waals surface area contributed by atoms with E-state index in [0.717, 1.165) is 44.3 Å². The SMILES string of the molecule is CCCNc1ccc([N+](=O)[O-])c(C(=O)NC2CCCC2)c1. The number of hydrogen-bond acceptors (Lipinski definition) is 4. The second-order valence-corrected chi connectivity index (χ2v) is 5.37. The number of hydrogen-bond donors (Lipinski definition) is 2. The summed E-state index contributed by atoms with van der Waals surface area (Å²) in [6.45, 7) is 2.80. The van der Waals surface area contributed by atoms with E-state index in [9.17, 15) is 14.9 Å². The number of carbonyl (C=O) groups excluding carboxylic acids is 1. The van der Waals surface area contributed by atoms with Crippen molar-refractivity contribution in [1.29, 1.82) is 0 Å². The zero-order chi connectivity index (χ0) is 15.2. The smallest absolute Gasteiger partial charge is 0.282 e. The largest absolute Gasteiger partial charge is 0.385 e. The van der Waals surface area contributed by atoms with Crippen LogP contribution in [-0.4, -0.2) is 23.4 Å². The van der Waals surface area contributed by atoms with Crippen LogP contribution in [0, 0.1) is 10.1 Å². The molecule has 1 fully saturated rings. The van der Waals surface area contributed by atoms with Crippen LogP contribution in [-0.2, 0) is 0 Å². The molecule has 1 amide bonds. The molecule has 21 heavy (non-hydrogen) atoms. The first kappa shape index (κ1) is 15.3. The number of amides is 1. The van der Waals surface area contributed by atoms with Gasteiger partial charge in [0.05, 0.1) is 4.92 Å². The van der Waals surface area contributed by atoms with Gasteiger partial charge in [0.15, 0.2) is 0 Å². The zero-order valence-electron chi connectivity index (χ0n) is 12.2. The Morgan fingerprint density at radius 3 is 2.71 bits per heavy atom. The number of nitrogens with zero attached hydrogens (tertiary/aromatic N) is 1. The van der Waals surface area contributed by atoms with Gasteiger partial charge in [0, 0.05) is 24.3 Å². The molecule has 6 heteroatoms. The molecule has 6 nitrogen and oxygen atoms in total. The third kappa shape index (κ3) is 3.93. The molecule has 1 saturated carbocycles. The number of nitrogens with one attached hydrogen (secondary N) is 2. The number of anilines is 1. The van der Waals surface area contributed by atoms with Crippen LogP contribution in [0.3, 0.4) is 0 Å². The van der Waals surface area contributed by atoms with Gasteiger partial charge in [0.25, 0.3) is 11.6 Å². The van der Waals surface area contributed by atoms with Crippen LogP contribution in [0.1, 0.15) is 49.4 Å². The van der Waals surface area contributed by atoms with Crippen LogP contribution in [0.4, 0.5) is 11.4 Å². The van der Waals surface area contributed by atoms with E-state index >= 15 is 0 Å². The molecule has 0 atom stereocenters. The van der Waals surface area contributed by atoms with Gasteiger partial charge in [-0.1, -0.05) is 19.8 Å². The first-order chi connectivity index (χ1) is 10.1. The molecule has 0 heterocycles. The summed E-state index contributed by atoms with van der Waals surface area (Å²) in [7, 11) is 0. The maximum Gasteiger partial charge on any atom is 0.282 e. The summed E-state index contributed by atoms with van der Waals surface area (Å²) < 4.78 is 0. The molecule has 0 unspecified atom stereocenters. The minimum atomic E-state index is -0.507. The number of nitro groups is 1. The monoisotopic (exact) mass is 291 g/mol. The molecule has 2 N–H and O–H groups in total. The fraction of sp³-hybridized carbons (Fsp3) is 0.533. The summed E-state index contributed by atoms with van der Waals surface area (Å²) in [5.41, 5.74) is 0.722. The average Bonchev–Trinajstić information content (AvgIpc) is 2.97. The van der Waals surface area contributed by atoms with Crippen molar-refractivity contribution in [2.45, 2.75) is 45.1 Å². The lowest BCUT2D eigenvalue weighted by Crippen LogP contribution is -2.33. The van der Waals surface area contributed by atoms with Crippen molar-refractivity contribution in [3.8, 4) is 0 Å². The third-order valence-electron chi connectivity index (χ3n) is 3.71. The van der Waals surface area contributed by atoms with Gasteiger partial charge < -0.3 is 10.6 Å². The van der Waals surface area contributed by atoms with Crippen LogP contribution in [0.5, 0.6) is 0 Å². The van der Waals surface area contributed by atoms with E-state index in [1.54, 1.807) is 12.1 Å². The van der Waals surface area contributed by atoms with Gasteiger partial charge in [-0.3, -0.25) is 14.9 Å². The number of carbonyl (C=O) groups is 1. The van der Waals surface area contributed by atoms with Crippen molar-refractivity contribution in [3.63, 3.8) is 0 Å². The van der Waals surface area contributed by atoms with Crippen LogP contribution in [0.15, 0.2) is 18.2 Å². The molecule has 0 saturated heterocycles.